The van der Waals surface area contributed by atoms with Gasteiger partial charge in [0.15, 0.2) is 0 Å². The van der Waals surface area contributed by atoms with Crippen LogP contribution in [0.1, 0.15) is 37.8 Å². The smallest absolute Gasteiger partial charge is 0.249 e. The molecule has 2 atom stereocenters. The van der Waals surface area contributed by atoms with E-state index in [4.69, 9.17) is 4.74 Å². The Labute approximate surface area is 215 Å². The topological polar surface area (TPSA) is 70.7 Å². The van der Waals surface area contributed by atoms with Crippen molar-refractivity contribution >= 4 is 44.2 Å². The van der Waals surface area contributed by atoms with Crippen LogP contribution in [0.3, 0.4) is 0 Å². The maximum absolute atomic E-state index is 13.9. The minimum Gasteiger partial charge on any atom is -0.496 e. The third-order valence-corrected chi connectivity index (χ3v) is 7.12. The highest BCUT2D eigenvalue weighted by Crippen LogP contribution is 2.35. The van der Waals surface area contributed by atoms with Gasteiger partial charge in [0, 0.05) is 15.7 Å². The number of aryl methyl sites for hydroxylation is 1. The summed E-state index contributed by atoms with van der Waals surface area (Å²) < 4.78 is 6.71. The van der Waals surface area contributed by atoms with Gasteiger partial charge in [-0.05, 0) is 66.4 Å². The highest BCUT2D eigenvalue weighted by Gasteiger charge is 2.33. The van der Waals surface area contributed by atoms with Gasteiger partial charge in [0.2, 0.25) is 11.8 Å². The molecule has 0 fully saturated rings. The fraction of sp³-hybridized carbons (Fsp3) is 0.357. The molecule has 1 aliphatic heterocycles. The summed E-state index contributed by atoms with van der Waals surface area (Å²) in [6.07, 6.45) is 1.93. The minimum atomic E-state index is -0.599. The third-order valence-electron chi connectivity index (χ3n) is 6.63. The Morgan fingerprint density at radius 2 is 1.97 bits per heavy atom. The van der Waals surface area contributed by atoms with E-state index < -0.39 is 6.04 Å². The number of carbonyl (C=O) groups excluding carboxylic acids is 2. The molecule has 3 aromatic carbocycles. The van der Waals surface area contributed by atoms with Crippen molar-refractivity contribution in [2.75, 3.05) is 18.6 Å². The Kier molecular flexibility index (Phi) is 8.08. The summed E-state index contributed by atoms with van der Waals surface area (Å²) in [5.41, 5.74) is 2.91. The maximum Gasteiger partial charge on any atom is 0.249 e. The van der Waals surface area contributed by atoms with Crippen molar-refractivity contribution in [1.82, 2.24) is 10.6 Å². The fourth-order valence-electron chi connectivity index (χ4n) is 4.81. The van der Waals surface area contributed by atoms with Crippen LogP contribution in [-0.4, -0.2) is 37.6 Å². The van der Waals surface area contributed by atoms with E-state index in [1.807, 2.05) is 56.3 Å². The number of hydrogen-bond acceptors (Lipinski definition) is 4. The van der Waals surface area contributed by atoms with E-state index in [-0.39, 0.29) is 17.9 Å². The van der Waals surface area contributed by atoms with E-state index >= 15 is 0 Å². The van der Waals surface area contributed by atoms with Crippen LogP contribution in [0.2, 0.25) is 0 Å². The van der Waals surface area contributed by atoms with E-state index in [1.54, 1.807) is 12.0 Å². The second-order valence-corrected chi connectivity index (χ2v) is 9.70. The van der Waals surface area contributed by atoms with E-state index in [2.05, 4.69) is 38.7 Å². The normalized spacial score (nSPS) is 16.5. The standard InChI is InChI=1S/C28H32BrN3O3/c1-4-23(30-5-2)27(33)31-24-14-10-18-8-6-7-9-25(18)32(28(24)34)17-22-21-13-12-20(29)16-19(21)11-15-26(22)35-3/h6-9,11-13,15-16,23-24,30H,4-5,10,14,17H2,1-3H3,(H,31,33). The number of halogens is 1. The second kappa shape index (κ2) is 11.2. The molecule has 0 aromatic heterocycles. The maximum atomic E-state index is 13.9. The van der Waals surface area contributed by atoms with Crippen LogP contribution < -0.4 is 20.3 Å². The number of fused-ring (bicyclic) bond motifs is 2. The molecular weight excluding hydrogens is 506 g/mol. The molecule has 7 heteroatoms. The first-order valence-corrected chi connectivity index (χ1v) is 12.9. The summed E-state index contributed by atoms with van der Waals surface area (Å²) in [4.78, 5) is 28.7. The van der Waals surface area contributed by atoms with E-state index in [9.17, 15) is 9.59 Å². The summed E-state index contributed by atoms with van der Waals surface area (Å²) in [5, 5.41) is 8.33. The lowest BCUT2D eigenvalue weighted by Gasteiger charge is -2.28. The van der Waals surface area contributed by atoms with Crippen LogP contribution in [0.25, 0.3) is 10.8 Å². The van der Waals surface area contributed by atoms with E-state index in [1.165, 1.54) is 0 Å². The number of rotatable bonds is 8. The number of nitrogens with one attached hydrogen (secondary N) is 2. The lowest BCUT2D eigenvalue weighted by atomic mass is 10.0. The Balaban J connectivity index is 1.73. The molecule has 0 saturated heterocycles. The zero-order valence-corrected chi connectivity index (χ0v) is 22.0. The molecule has 1 aliphatic rings. The van der Waals surface area contributed by atoms with Gasteiger partial charge in [-0.1, -0.05) is 60.1 Å². The molecule has 35 heavy (non-hydrogen) atoms. The number of methoxy groups -OCH3 is 1. The Hall–Kier alpha value is -2.90. The number of benzene rings is 3. The average Bonchev–Trinajstić information content (AvgIpc) is 2.99. The predicted octanol–water partition coefficient (Wildman–Crippen LogP) is 4.96. The van der Waals surface area contributed by atoms with Crippen LogP contribution in [0, 0.1) is 0 Å². The summed E-state index contributed by atoms with van der Waals surface area (Å²) in [6, 6.07) is 17.2. The van der Waals surface area contributed by atoms with Gasteiger partial charge in [0.05, 0.1) is 19.7 Å². The summed E-state index contributed by atoms with van der Waals surface area (Å²) in [7, 11) is 1.65. The molecule has 184 valence electrons. The minimum absolute atomic E-state index is 0.106. The Morgan fingerprint density at radius 1 is 1.17 bits per heavy atom. The highest BCUT2D eigenvalue weighted by atomic mass is 79.9. The van der Waals surface area contributed by atoms with Crippen molar-refractivity contribution in [2.45, 2.75) is 51.7 Å². The fourth-order valence-corrected chi connectivity index (χ4v) is 5.19. The predicted molar refractivity (Wildman–Crippen MR) is 144 cm³/mol. The van der Waals surface area contributed by atoms with Gasteiger partial charge in [-0.15, -0.1) is 0 Å². The molecule has 6 nitrogen and oxygen atoms in total. The first-order chi connectivity index (χ1) is 17.0. The SMILES string of the molecule is CCNC(CC)C(=O)NC1CCc2ccccc2N(Cc2c(OC)ccc3cc(Br)ccc23)C1=O. The molecule has 0 bridgehead atoms. The molecule has 2 amide bonds. The van der Waals surface area contributed by atoms with E-state index in [0.29, 0.717) is 32.4 Å². The second-order valence-electron chi connectivity index (χ2n) is 8.78. The van der Waals surface area contributed by atoms with Crippen LogP contribution in [0.15, 0.2) is 59.1 Å². The number of anilines is 1. The monoisotopic (exact) mass is 537 g/mol. The molecule has 0 spiro atoms. The largest absolute Gasteiger partial charge is 0.496 e. The first kappa shape index (κ1) is 25.2. The van der Waals surface area contributed by atoms with Crippen molar-refractivity contribution in [3.63, 3.8) is 0 Å². The van der Waals surface area contributed by atoms with Gasteiger partial charge in [-0.3, -0.25) is 9.59 Å². The van der Waals surface area contributed by atoms with Gasteiger partial charge in [-0.2, -0.15) is 0 Å². The first-order valence-electron chi connectivity index (χ1n) is 12.1. The lowest BCUT2D eigenvalue weighted by Crippen LogP contribution is -2.53. The molecule has 0 aliphatic carbocycles. The number of para-hydroxylation sites is 1. The van der Waals surface area contributed by atoms with Gasteiger partial charge >= 0.3 is 0 Å². The highest BCUT2D eigenvalue weighted by molar-refractivity contribution is 9.10. The quantitative estimate of drug-likeness (QED) is 0.425. The molecule has 0 saturated carbocycles. The zero-order valence-electron chi connectivity index (χ0n) is 20.4. The third kappa shape index (κ3) is 5.36. The Bertz CT molecular complexity index is 1230. The zero-order chi connectivity index (χ0) is 24.9. The average molecular weight is 538 g/mol. The van der Waals surface area contributed by atoms with Crippen LogP contribution in [0.5, 0.6) is 5.75 Å². The van der Waals surface area contributed by atoms with Gasteiger partial charge in [0.25, 0.3) is 0 Å². The Morgan fingerprint density at radius 3 is 2.71 bits per heavy atom. The molecule has 4 rings (SSSR count). The van der Waals surface area contributed by atoms with Crippen LogP contribution in [-0.2, 0) is 22.6 Å². The summed E-state index contributed by atoms with van der Waals surface area (Å²) >= 11 is 3.55. The van der Waals surface area contributed by atoms with Crippen molar-refractivity contribution in [3.05, 3.63) is 70.2 Å². The lowest BCUT2D eigenvalue weighted by molar-refractivity contribution is -0.129. The molecule has 2 unspecified atom stereocenters. The van der Waals surface area contributed by atoms with E-state index in [0.717, 1.165) is 37.8 Å². The molecule has 2 N–H and O–H groups in total. The molecule has 0 radical (unpaired) electrons. The number of amides is 2. The van der Waals surface area contributed by atoms with Crippen molar-refractivity contribution in [3.8, 4) is 5.75 Å². The number of ether oxygens (including phenoxy) is 1. The molecule has 1 heterocycles. The molecular formula is C28H32BrN3O3. The van der Waals surface area contributed by atoms with Crippen molar-refractivity contribution < 1.29 is 14.3 Å². The summed E-state index contributed by atoms with van der Waals surface area (Å²) in [6.45, 7) is 4.98. The number of hydrogen-bond donors (Lipinski definition) is 2. The van der Waals surface area contributed by atoms with Gasteiger partial charge in [-0.25, -0.2) is 0 Å². The van der Waals surface area contributed by atoms with Crippen molar-refractivity contribution in [1.29, 1.82) is 0 Å². The van der Waals surface area contributed by atoms with Gasteiger partial charge < -0.3 is 20.3 Å². The number of likely N-dealkylation sites (N-methyl/N-ethyl adjacent to an activating group) is 1. The van der Waals surface area contributed by atoms with Crippen molar-refractivity contribution in [2.24, 2.45) is 0 Å². The number of carbonyl (C=O) groups is 2. The van der Waals surface area contributed by atoms with Crippen LogP contribution >= 0.6 is 15.9 Å². The van der Waals surface area contributed by atoms with Crippen LogP contribution in [0.4, 0.5) is 5.69 Å². The summed E-state index contributed by atoms with van der Waals surface area (Å²) in [5.74, 6) is 0.491. The molecule has 3 aromatic rings. The van der Waals surface area contributed by atoms with Gasteiger partial charge in [0.1, 0.15) is 11.8 Å². The number of nitrogens with zero attached hydrogens (tertiary/aromatic N) is 1.